The highest BCUT2D eigenvalue weighted by Gasteiger charge is 2.32. The number of carbonyl (C=O) groups excluding carboxylic acids is 2. The molecule has 2 amide bonds. The van der Waals surface area contributed by atoms with Crippen molar-refractivity contribution in [1.29, 1.82) is 0 Å². The van der Waals surface area contributed by atoms with Crippen molar-refractivity contribution in [3.8, 4) is 5.69 Å². The van der Waals surface area contributed by atoms with E-state index in [1.54, 1.807) is 13.0 Å². The summed E-state index contributed by atoms with van der Waals surface area (Å²) in [6.07, 6.45) is 0. The minimum atomic E-state index is -0.637. The van der Waals surface area contributed by atoms with Crippen LogP contribution in [-0.4, -0.2) is 16.4 Å². The van der Waals surface area contributed by atoms with E-state index >= 15 is 0 Å². The summed E-state index contributed by atoms with van der Waals surface area (Å²) in [7, 11) is 0. The molecule has 1 aliphatic heterocycles. The zero-order chi connectivity index (χ0) is 16.2. The van der Waals surface area contributed by atoms with Crippen LogP contribution in [0.25, 0.3) is 5.69 Å². The van der Waals surface area contributed by atoms with Crippen molar-refractivity contribution in [3.05, 3.63) is 55.3 Å². The molecule has 8 heteroatoms. The fourth-order valence-corrected chi connectivity index (χ4v) is 2.78. The number of halogens is 2. The Morgan fingerprint density at radius 3 is 2.50 bits per heavy atom. The number of imide groups is 1. The monoisotopic (exact) mass is 337 g/mol. The van der Waals surface area contributed by atoms with Gasteiger partial charge >= 0.3 is 0 Å². The van der Waals surface area contributed by atoms with Gasteiger partial charge in [0, 0.05) is 6.07 Å². The number of fused-ring (bicyclic) bond motifs is 1. The molecule has 2 aromatic rings. The summed E-state index contributed by atoms with van der Waals surface area (Å²) in [6, 6.07) is 4.17. The summed E-state index contributed by atoms with van der Waals surface area (Å²) in [5.74, 6) is -1.39. The number of benzene rings is 1. The maximum Gasteiger partial charge on any atom is 0.262 e. The first-order valence-corrected chi connectivity index (χ1v) is 6.94. The van der Waals surface area contributed by atoms with Gasteiger partial charge in [0.15, 0.2) is 0 Å². The van der Waals surface area contributed by atoms with E-state index in [0.29, 0.717) is 16.3 Å². The number of amides is 2. The second-order valence-electron chi connectivity index (χ2n) is 4.78. The van der Waals surface area contributed by atoms with Crippen molar-refractivity contribution in [1.82, 2.24) is 9.88 Å². The predicted molar refractivity (Wildman–Crippen MR) is 83.0 cm³/mol. The fraction of sp³-hybridized carbons (Fsp3) is 0.0714. The standard InChI is InChI=1S/C14H9Cl2N3O3/c1-5-8(3-2-7(15)11(5)16)19-9(20)4-6-10(12(19)17)14(22)18-13(6)21/h2-4H,17H2,1H3,(H,18,21,22). The predicted octanol–water partition coefficient (Wildman–Crippen LogP) is 1.92. The van der Waals surface area contributed by atoms with Crippen LogP contribution in [0.3, 0.4) is 0 Å². The van der Waals surface area contributed by atoms with Gasteiger partial charge < -0.3 is 5.73 Å². The minimum Gasteiger partial charge on any atom is -0.384 e. The Labute approximate surface area is 134 Å². The van der Waals surface area contributed by atoms with E-state index in [9.17, 15) is 14.4 Å². The number of hydrogen-bond acceptors (Lipinski definition) is 4. The molecule has 0 spiro atoms. The van der Waals surface area contributed by atoms with E-state index in [1.165, 1.54) is 6.07 Å². The van der Waals surface area contributed by atoms with Gasteiger partial charge in [-0.15, -0.1) is 0 Å². The molecule has 3 N–H and O–H groups in total. The lowest BCUT2D eigenvalue weighted by Crippen LogP contribution is -2.24. The van der Waals surface area contributed by atoms with Crippen LogP contribution in [0.2, 0.25) is 10.0 Å². The number of nitrogen functional groups attached to an aromatic ring is 1. The average Bonchev–Trinajstić information content (AvgIpc) is 2.73. The first kappa shape index (κ1) is 14.6. The lowest BCUT2D eigenvalue weighted by molar-refractivity contribution is 0.0880. The molecular weight excluding hydrogens is 329 g/mol. The topological polar surface area (TPSA) is 94.2 Å². The molecule has 1 aromatic carbocycles. The highest BCUT2D eigenvalue weighted by Crippen LogP contribution is 2.31. The third-order valence-electron chi connectivity index (χ3n) is 3.50. The van der Waals surface area contributed by atoms with Gasteiger partial charge in [-0.1, -0.05) is 23.2 Å². The molecule has 6 nitrogen and oxygen atoms in total. The van der Waals surface area contributed by atoms with Gasteiger partial charge in [-0.05, 0) is 24.6 Å². The first-order valence-electron chi connectivity index (χ1n) is 6.19. The molecule has 1 aromatic heterocycles. The van der Waals surface area contributed by atoms with Crippen molar-refractivity contribution >= 4 is 40.8 Å². The van der Waals surface area contributed by atoms with Crippen LogP contribution in [0.1, 0.15) is 26.3 Å². The smallest absolute Gasteiger partial charge is 0.262 e. The highest BCUT2D eigenvalue weighted by molar-refractivity contribution is 6.42. The Balaban J connectivity index is 2.38. The summed E-state index contributed by atoms with van der Waals surface area (Å²) in [6.45, 7) is 1.67. The number of hydrogen-bond donors (Lipinski definition) is 2. The molecule has 0 fully saturated rings. The van der Waals surface area contributed by atoms with Gasteiger partial charge in [-0.2, -0.15) is 0 Å². The molecule has 0 saturated heterocycles. The first-order chi connectivity index (χ1) is 10.3. The van der Waals surface area contributed by atoms with Crippen LogP contribution in [0, 0.1) is 6.92 Å². The van der Waals surface area contributed by atoms with E-state index in [4.69, 9.17) is 28.9 Å². The number of rotatable bonds is 1. The number of nitrogens with zero attached hydrogens (tertiary/aromatic N) is 1. The van der Waals surface area contributed by atoms with Gasteiger partial charge in [-0.3, -0.25) is 24.3 Å². The molecule has 1 aliphatic rings. The molecule has 112 valence electrons. The third kappa shape index (κ3) is 1.92. The molecule has 0 unspecified atom stereocenters. The molecule has 0 saturated carbocycles. The summed E-state index contributed by atoms with van der Waals surface area (Å²) in [4.78, 5) is 35.8. The maximum atomic E-state index is 12.3. The largest absolute Gasteiger partial charge is 0.384 e. The molecule has 0 radical (unpaired) electrons. The summed E-state index contributed by atoms with van der Waals surface area (Å²) < 4.78 is 1.13. The number of nitrogens with one attached hydrogen (secondary N) is 1. The molecule has 0 bridgehead atoms. The lowest BCUT2D eigenvalue weighted by Gasteiger charge is -2.15. The van der Waals surface area contributed by atoms with Crippen LogP contribution < -0.4 is 16.6 Å². The van der Waals surface area contributed by atoms with Gasteiger partial charge in [0.25, 0.3) is 17.4 Å². The Bertz CT molecular complexity index is 919. The van der Waals surface area contributed by atoms with Crippen LogP contribution in [0.15, 0.2) is 23.0 Å². The van der Waals surface area contributed by atoms with Crippen molar-refractivity contribution in [2.75, 3.05) is 5.73 Å². The zero-order valence-electron chi connectivity index (χ0n) is 11.2. The molecule has 2 heterocycles. The Morgan fingerprint density at radius 1 is 1.14 bits per heavy atom. The zero-order valence-corrected chi connectivity index (χ0v) is 12.7. The molecular formula is C14H9Cl2N3O3. The van der Waals surface area contributed by atoms with E-state index in [-0.39, 0.29) is 22.0 Å². The van der Waals surface area contributed by atoms with E-state index < -0.39 is 17.4 Å². The summed E-state index contributed by atoms with van der Waals surface area (Å²) >= 11 is 12.0. The molecule has 3 rings (SSSR count). The van der Waals surface area contributed by atoms with Crippen LogP contribution in [0.5, 0.6) is 0 Å². The Morgan fingerprint density at radius 2 is 1.82 bits per heavy atom. The second kappa shape index (κ2) is 4.86. The van der Waals surface area contributed by atoms with Crippen LogP contribution in [0.4, 0.5) is 5.82 Å². The number of nitrogens with two attached hydrogens (primary N) is 1. The van der Waals surface area contributed by atoms with Gasteiger partial charge in [0.05, 0.1) is 26.9 Å². The van der Waals surface area contributed by atoms with Crippen molar-refractivity contribution < 1.29 is 9.59 Å². The highest BCUT2D eigenvalue weighted by atomic mass is 35.5. The Hall–Kier alpha value is -2.31. The number of aromatic nitrogens is 1. The Kier molecular flexibility index (Phi) is 3.23. The number of anilines is 1. The van der Waals surface area contributed by atoms with Gasteiger partial charge in [0.1, 0.15) is 5.82 Å². The maximum absolute atomic E-state index is 12.3. The van der Waals surface area contributed by atoms with Crippen molar-refractivity contribution in [2.24, 2.45) is 0 Å². The molecule has 0 atom stereocenters. The fourth-order valence-electron chi connectivity index (χ4n) is 2.41. The van der Waals surface area contributed by atoms with Crippen molar-refractivity contribution in [2.45, 2.75) is 6.92 Å². The normalized spacial score (nSPS) is 13.2. The SMILES string of the molecule is Cc1c(-n2c(N)c3c(cc2=O)C(=O)NC3=O)ccc(Cl)c1Cl. The van der Waals surface area contributed by atoms with Gasteiger partial charge in [-0.25, -0.2) is 0 Å². The summed E-state index contributed by atoms with van der Waals surface area (Å²) in [5, 5.41) is 2.73. The van der Waals surface area contributed by atoms with E-state index in [1.807, 2.05) is 0 Å². The lowest BCUT2D eigenvalue weighted by atomic mass is 10.1. The minimum absolute atomic E-state index is 0.0185. The van der Waals surface area contributed by atoms with E-state index in [0.717, 1.165) is 10.6 Å². The molecule has 22 heavy (non-hydrogen) atoms. The van der Waals surface area contributed by atoms with Crippen LogP contribution in [-0.2, 0) is 0 Å². The van der Waals surface area contributed by atoms with Gasteiger partial charge in [0.2, 0.25) is 0 Å². The number of pyridine rings is 1. The quantitative estimate of drug-likeness (QED) is 0.777. The number of carbonyl (C=O) groups is 2. The van der Waals surface area contributed by atoms with Crippen molar-refractivity contribution in [3.63, 3.8) is 0 Å². The molecule has 0 aliphatic carbocycles. The third-order valence-corrected chi connectivity index (χ3v) is 4.40. The van der Waals surface area contributed by atoms with Crippen LogP contribution >= 0.6 is 23.2 Å². The average molecular weight is 338 g/mol. The summed E-state index contributed by atoms with van der Waals surface area (Å²) in [5.41, 5.74) is 6.30. The van der Waals surface area contributed by atoms with E-state index in [2.05, 4.69) is 5.32 Å². The second-order valence-corrected chi connectivity index (χ2v) is 5.57.